The minimum atomic E-state index is -0.330. The average Bonchev–Trinajstić information content (AvgIpc) is 3.13. The molecule has 1 fully saturated rings. The molecular weight excluding hydrogens is 240 g/mol. The van der Waals surface area contributed by atoms with Crippen molar-refractivity contribution >= 4 is 11.3 Å². The molecule has 1 saturated carbocycles. The van der Waals surface area contributed by atoms with Crippen molar-refractivity contribution in [3.63, 3.8) is 0 Å². The molecule has 3 rings (SSSR count). The van der Waals surface area contributed by atoms with E-state index in [0.29, 0.717) is 0 Å². The lowest BCUT2D eigenvalue weighted by atomic mass is 9.99. The predicted molar refractivity (Wildman–Crippen MR) is 76.0 cm³/mol. The quantitative estimate of drug-likeness (QED) is 0.848. The number of aliphatic hydroxyl groups excluding tert-OH is 1. The van der Waals surface area contributed by atoms with Crippen LogP contribution in [0.3, 0.4) is 0 Å². The maximum absolute atomic E-state index is 10.2. The van der Waals surface area contributed by atoms with Crippen molar-refractivity contribution in [2.45, 2.75) is 37.7 Å². The molecule has 1 N–H and O–H groups in total. The lowest BCUT2D eigenvalue weighted by Crippen LogP contribution is -2.00. The SMILES string of the molecule is OC(CCc1ccsc1)c1cccc(C2CC2)c1. The van der Waals surface area contributed by atoms with Crippen LogP contribution in [0.1, 0.15) is 48.0 Å². The van der Waals surface area contributed by atoms with E-state index in [4.69, 9.17) is 0 Å². The third-order valence-electron chi connectivity index (χ3n) is 3.63. The monoisotopic (exact) mass is 258 g/mol. The number of benzene rings is 1. The van der Waals surface area contributed by atoms with Crippen LogP contribution in [0.4, 0.5) is 0 Å². The Balaban J connectivity index is 1.64. The number of aryl methyl sites for hydroxylation is 1. The molecule has 2 aromatic rings. The predicted octanol–water partition coefficient (Wildman–Crippen LogP) is 4.29. The largest absolute Gasteiger partial charge is 0.388 e. The number of rotatable bonds is 5. The summed E-state index contributed by atoms with van der Waals surface area (Å²) >= 11 is 1.72. The van der Waals surface area contributed by atoms with Gasteiger partial charge in [0.1, 0.15) is 0 Å². The molecule has 1 aliphatic rings. The maximum atomic E-state index is 10.2. The van der Waals surface area contributed by atoms with E-state index in [1.807, 2.05) is 6.07 Å². The molecule has 0 radical (unpaired) electrons. The van der Waals surface area contributed by atoms with Crippen LogP contribution in [0.5, 0.6) is 0 Å². The molecule has 1 unspecified atom stereocenters. The minimum absolute atomic E-state index is 0.330. The summed E-state index contributed by atoms with van der Waals surface area (Å²) in [7, 11) is 0. The van der Waals surface area contributed by atoms with E-state index in [1.54, 1.807) is 11.3 Å². The van der Waals surface area contributed by atoms with E-state index in [9.17, 15) is 5.11 Å². The van der Waals surface area contributed by atoms with Crippen molar-refractivity contribution in [2.75, 3.05) is 0 Å². The second-order valence-corrected chi connectivity index (χ2v) is 5.91. The molecule has 0 spiro atoms. The van der Waals surface area contributed by atoms with Crippen molar-refractivity contribution in [1.82, 2.24) is 0 Å². The summed E-state index contributed by atoms with van der Waals surface area (Å²) in [5, 5.41) is 14.5. The highest BCUT2D eigenvalue weighted by Gasteiger charge is 2.23. The van der Waals surface area contributed by atoms with Gasteiger partial charge in [0.2, 0.25) is 0 Å². The molecule has 0 bridgehead atoms. The second kappa shape index (κ2) is 5.25. The number of aliphatic hydroxyl groups is 1. The normalized spacial score (nSPS) is 16.7. The van der Waals surface area contributed by atoms with Crippen LogP contribution in [0.2, 0.25) is 0 Å². The van der Waals surface area contributed by atoms with Crippen molar-refractivity contribution in [2.24, 2.45) is 0 Å². The topological polar surface area (TPSA) is 20.2 Å². The van der Waals surface area contributed by atoms with E-state index >= 15 is 0 Å². The summed E-state index contributed by atoms with van der Waals surface area (Å²) in [4.78, 5) is 0. The Labute approximate surface area is 112 Å². The molecule has 1 aromatic carbocycles. The first-order valence-electron chi connectivity index (χ1n) is 6.62. The summed E-state index contributed by atoms with van der Waals surface area (Å²) in [5.41, 5.74) is 3.81. The van der Waals surface area contributed by atoms with E-state index in [-0.39, 0.29) is 6.10 Å². The Morgan fingerprint density at radius 2 is 2.17 bits per heavy atom. The van der Waals surface area contributed by atoms with E-state index in [1.165, 1.54) is 24.0 Å². The Bertz CT molecular complexity index is 500. The Morgan fingerprint density at radius 1 is 1.28 bits per heavy atom. The molecule has 1 heterocycles. The van der Waals surface area contributed by atoms with E-state index in [2.05, 4.69) is 35.0 Å². The fraction of sp³-hybridized carbons (Fsp3) is 0.375. The summed E-state index contributed by atoms with van der Waals surface area (Å²) in [6.07, 6.45) is 4.06. The third kappa shape index (κ3) is 2.82. The summed E-state index contributed by atoms with van der Waals surface area (Å²) in [5.74, 6) is 0.758. The Kier molecular flexibility index (Phi) is 3.48. The van der Waals surface area contributed by atoms with Gasteiger partial charge in [-0.2, -0.15) is 11.3 Å². The fourth-order valence-corrected chi connectivity index (χ4v) is 3.04. The lowest BCUT2D eigenvalue weighted by Gasteiger charge is -2.11. The first-order chi connectivity index (χ1) is 8.83. The van der Waals surface area contributed by atoms with Gasteiger partial charge in [-0.1, -0.05) is 24.3 Å². The van der Waals surface area contributed by atoms with Gasteiger partial charge in [-0.3, -0.25) is 0 Å². The van der Waals surface area contributed by atoms with Crippen LogP contribution < -0.4 is 0 Å². The molecule has 1 atom stereocenters. The fourth-order valence-electron chi connectivity index (χ4n) is 2.34. The summed E-state index contributed by atoms with van der Waals surface area (Å²) < 4.78 is 0. The highest BCUT2D eigenvalue weighted by Crippen LogP contribution is 2.40. The first-order valence-corrected chi connectivity index (χ1v) is 7.56. The highest BCUT2D eigenvalue weighted by atomic mass is 32.1. The van der Waals surface area contributed by atoms with Gasteiger partial charge in [0.05, 0.1) is 6.10 Å². The Hall–Kier alpha value is -1.12. The van der Waals surface area contributed by atoms with E-state index < -0.39 is 0 Å². The molecule has 1 aromatic heterocycles. The van der Waals surface area contributed by atoms with Crippen LogP contribution in [-0.4, -0.2) is 5.11 Å². The van der Waals surface area contributed by atoms with E-state index in [0.717, 1.165) is 24.3 Å². The van der Waals surface area contributed by atoms with Gasteiger partial charge < -0.3 is 5.11 Å². The first kappa shape index (κ1) is 11.9. The maximum Gasteiger partial charge on any atom is 0.0793 e. The van der Waals surface area contributed by atoms with Crippen molar-refractivity contribution in [1.29, 1.82) is 0 Å². The van der Waals surface area contributed by atoms with Crippen LogP contribution >= 0.6 is 11.3 Å². The number of hydrogen-bond acceptors (Lipinski definition) is 2. The standard InChI is InChI=1S/C16H18OS/c17-16(7-4-12-8-9-18-11-12)15-3-1-2-14(10-15)13-5-6-13/h1-3,8-11,13,16-17H,4-7H2. The van der Waals surface area contributed by atoms with Crippen molar-refractivity contribution in [3.05, 3.63) is 57.8 Å². The van der Waals surface area contributed by atoms with Gasteiger partial charge in [0.15, 0.2) is 0 Å². The molecule has 0 saturated heterocycles. The van der Waals surface area contributed by atoms with Gasteiger partial charge in [0.25, 0.3) is 0 Å². The molecule has 94 valence electrons. The lowest BCUT2D eigenvalue weighted by molar-refractivity contribution is 0.168. The molecule has 18 heavy (non-hydrogen) atoms. The van der Waals surface area contributed by atoms with Crippen molar-refractivity contribution < 1.29 is 5.11 Å². The van der Waals surface area contributed by atoms with Crippen molar-refractivity contribution in [3.8, 4) is 0 Å². The van der Waals surface area contributed by atoms with Gasteiger partial charge >= 0.3 is 0 Å². The van der Waals surface area contributed by atoms with Crippen LogP contribution in [0.25, 0.3) is 0 Å². The highest BCUT2D eigenvalue weighted by molar-refractivity contribution is 7.07. The summed E-state index contributed by atoms with van der Waals surface area (Å²) in [6, 6.07) is 10.6. The van der Waals surface area contributed by atoms with Crippen LogP contribution in [0, 0.1) is 0 Å². The number of hydrogen-bond donors (Lipinski definition) is 1. The smallest absolute Gasteiger partial charge is 0.0793 e. The zero-order valence-corrected chi connectivity index (χ0v) is 11.2. The van der Waals surface area contributed by atoms with Crippen LogP contribution in [-0.2, 0) is 6.42 Å². The van der Waals surface area contributed by atoms with Gasteiger partial charge in [-0.15, -0.1) is 0 Å². The second-order valence-electron chi connectivity index (χ2n) is 5.13. The molecule has 1 aliphatic carbocycles. The van der Waals surface area contributed by atoms with Gasteiger partial charge in [0, 0.05) is 0 Å². The molecule has 1 nitrogen and oxygen atoms in total. The molecule has 0 amide bonds. The third-order valence-corrected chi connectivity index (χ3v) is 4.36. The Morgan fingerprint density at radius 3 is 2.89 bits per heavy atom. The zero-order valence-electron chi connectivity index (χ0n) is 10.4. The minimum Gasteiger partial charge on any atom is -0.388 e. The zero-order chi connectivity index (χ0) is 12.4. The average molecular weight is 258 g/mol. The summed E-state index contributed by atoms with van der Waals surface area (Å²) in [6.45, 7) is 0. The van der Waals surface area contributed by atoms with Gasteiger partial charge in [-0.25, -0.2) is 0 Å². The molecule has 2 heteroatoms. The van der Waals surface area contributed by atoms with Gasteiger partial charge in [-0.05, 0) is 65.1 Å². The number of thiophene rings is 1. The molecular formula is C16H18OS. The van der Waals surface area contributed by atoms with Crippen LogP contribution in [0.15, 0.2) is 41.1 Å². The molecule has 0 aliphatic heterocycles.